The molecule has 0 spiro atoms. The molecular weight excluding hydrogens is 272 g/mol. The van der Waals surface area contributed by atoms with Crippen molar-refractivity contribution < 1.29 is 8.78 Å². The van der Waals surface area contributed by atoms with E-state index in [1.54, 1.807) is 6.20 Å². The molecule has 0 saturated heterocycles. The quantitative estimate of drug-likeness (QED) is 0.574. The third kappa shape index (κ3) is 2.49. The van der Waals surface area contributed by atoms with Gasteiger partial charge in [-0.3, -0.25) is 10.8 Å². The zero-order chi connectivity index (χ0) is 14.8. The van der Waals surface area contributed by atoms with Crippen molar-refractivity contribution in [2.45, 2.75) is 6.04 Å². The van der Waals surface area contributed by atoms with Crippen molar-refractivity contribution in [3.63, 3.8) is 0 Å². The fourth-order valence-corrected chi connectivity index (χ4v) is 2.44. The fraction of sp³-hybridized carbons (Fsp3) is 0.0625. The van der Waals surface area contributed by atoms with Crippen LogP contribution in [0.25, 0.3) is 10.9 Å². The summed E-state index contributed by atoms with van der Waals surface area (Å²) in [6.07, 6.45) is 1.67. The van der Waals surface area contributed by atoms with Gasteiger partial charge in [0, 0.05) is 28.8 Å². The molecule has 3 rings (SSSR count). The highest BCUT2D eigenvalue weighted by molar-refractivity contribution is 5.82. The normalized spacial score (nSPS) is 12.5. The molecule has 0 bridgehead atoms. The summed E-state index contributed by atoms with van der Waals surface area (Å²) in [5.41, 5.74) is 4.33. The minimum Gasteiger partial charge on any atom is -0.271 e. The summed E-state index contributed by atoms with van der Waals surface area (Å²) in [7, 11) is 0. The van der Waals surface area contributed by atoms with Crippen LogP contribution in [0.5, 0.6) is 0 Å². The number of benzene rings is 2. The van der Waals surface area contributed by atoms with Crippen molar-refractivity contribution in [1.82, 2.24) is 10.4 Å². The first-order chi connectivity index (χ1) is 10.2. The van der Waals surface area contributed by atoms with Gasteiger partial charge in [0.15, 0.2) is 0 Å². The van der Waals surface area contributed by atoms with Crippen molar-refractivity contribution in [2.24, 2.45) is 5.84 Å². The zero-order valence-electron chi connectivity index (χ0n) is 11.1. The molecule has 0 fully saturated rings. The summed E-state index contributed by atoms with van der Waals surface area (Å²) in [6.45, 7) is 0. The van der Waals surface area contributed by atoms with E-state index in [0.29, 0.717) is 0 Å². The van der Waals surface area contributed by atoms with E-state index < -0.39 is 17.7 Å². The number of aromatic nitrogens is 1. The number of hydrogen-bond donors (Lipinski definition) is 2. The first-order valence-corrected chi connectivity index (χ1v) is 6.45. The molecule has 21 heavy (non-hydrogen) atoms. The van der Waals surface area contributed by atoms with Gasteiger partial charge in [0.2, 0.25) is 0 Å². The highest BCUT2D eigenvalue weighted by atomic mass is 19.1. The molecule has 2 aromatic carbocycles. The maximum absolute atomic E-state index is 14.0. The van der Waals surface area contributed by atoms with Crippen LogP contribution in [0.2, 0.25) is 0 Å². The third-order valence-corrected chi connectivity index (χ3v) is 3.42. The molecule has 0 saturated carbocycles. The molecule has 3 nitrogen and oxygen atoms in total. The van der Waals surface area contributed by atoms with Crippen LogP contribution in [-0.4, -0.2) is 4.98 Å². The Hall–Kier alpha value is -2.37. The van der Waals surface area contributed by atoms with Crippen LogP contribution >= 0.6 is 0 Å². The van der Waals surface area contributed by atoms with Crippen LogP contribution in [-0.2, 0) is 0 Å². The number of nitrogens with zero attached hydrogens (tertiary/aromatic N) is 1. The minimum atomic E-state index is -0.647. The van der Waals surface area contributed by atoms with Crippen LogP contribution in [0.3, 0.4) is 0 Å². The average molecular weight is 285 g/mol. The van der Waals surface area contributed by atoms with Gasteiger partial charge in [-0.15, -0.1) is 0 Å². The summed E-state index contributed by atoms with van der Waals surface area (Å²) >= 11 is 0. The Balaban J connectivity index is 2.18. The Bertz CT molecular complexity index is 784. The Morgan fingerprint density at radius 3 is 2.57 bits per heavy atom. The Morgan fingerprint density at radius 1 is 1.00 bits per heavy atom. The third-order valence-electron chi connectivity index (χ3n) is 3.42. The Kier molecular flexibility index (Phi) is 3.60. The SMILES string of the molecule is NNC(c1ccc(F)cc1F)c1cccc2cccnc12. The van der Waals surface area contributed by atoms with Crippen LogP contribution in [0.1, 0.15) is 17.2 Å². The summed E-state index contributed by atoms with van der Waals surface area (Å²) in [6, 6.07) is 12.2. The lowest BCUT2D eigenvalue weighted by molar-refractivity contribution is 0.542. The molecule has 0 aliphatic rings. The standard InChI is InChI=1S/C16H13F2N3/c17-11-6-7-12(14(18)9-11)16(21-19)13-5-1-3-10-4-2-8-20-15(10)13/h1-9,16,21H,19H2. The van der Waals surface area contributed by atoms with E-state index in [1.165, 1.54) is 12.1 Å². The van der Waals surface area contributed by atoms with E-state index in [1.807, 2.05) is 30.3 Å². The molecule has 3 N–H and O–H groups in total. The molecule has 1 atom stereocenters. The van der Waals surface area contributed by atoms with Gasteiger partial charge >= 0.3 is 0 Å². The molecule has 0 radical (unpaired) electrons. The van der Waals surface area contributed by atoms with Crippen molar-refractivity contribution in [3.05, 3.63) is 77.5 Å². The Morgan fingerprint density at radius 2 is 1.81 bits per heavy atom. The van der Waals surface area contributed by atoms with Gasteiger partial charge in [-0.05, 0) is 12.1 Å². The predicted molar refractivity (Wildman–Crippen MR) is 77.3 cm³/mol. The lowest BCUT2D eigenvalue weighted by atomic mass is 9.96. The van der Waals surface area contributed by atoms with Gasteiger partial charge in [-0.25, -0.2) is 14.2 Å². The largest absolute Gasteiger partial charge is 0.271 e. The van der Waals surface area contributed by atoms with Crippen LogP contribution < -0.4 is 11.3 Å². The number of halogens is 2. The van der Waals surface area contributed by atoms with Gasteiger partial charge in [0.05, 0.1) is 11.6 Å². The summed E-state index contributed by atoms with van der Waals surface area (Å²) < 4.78 is 27.1. The molecule has 106 valence electrons. The molecule has 0 aliphatic carbocycles. The lowest BCUT2D eigenvalue weighted by Gasteiger charge is -2.19. The Labute approximate surface area is 120 Å². The second-order valence-corrected chi connectivity index (χ2v) is 4.69. The number of rotatable bonds is 3. The van der Waals surface area contributed by atoms with Crippen molar-refractivity contribution in [3.8, 4) is 0 Å². The number of fused-ring (bicyclic) bond motifs is 1. The van der Waals surface area contributed by atoms with Gasteiger partial charge in [0.1, 0.15) is 11.6 Å². The maximum Gasteiger partial charge on any atom is 0.131 e. The maximum atomic E-state index is 14.0. The van der Waals surface area contributed by atoms with E-state index in [-0.39, 0.29) is 5.56 Å². The summed E-state index contributed by atoms with van der Waals surface area (Å²) in [4.78, 5) is 4.33. The predicted octanol–water partition coefficient (Wildman–Crippen LogP) is 3.07. The number of para-hydroxylation sites is 1. The van der Waals surface area contributed by atoms with E-state index in [9.17, 15) is 8.78 Å². The van der Waals surface area contributed by atoms with Gasteiger partial charge in [0.25, 0.3) is 0 Å². The number of pyridine rings is 1. The first kappa shape index (κ1) is 13.6. The number of nitrogens with two attached hydrogens (primary N) is 1. The van der Waals surface area contributed by atoms with Gasteiger partial charge in [-0.1, -0.05) is 30.3 Å². The second-order valence-electron chi connectivity index (χ2n) is 4.69. The van der Waals surface area contributed by atoms with Crippen LogP contribution in [0, 0.1) is 11.6 Å². The molecule has 1 unspecified atom stereocenters. The molecule has 1 heterocycles. The number of nitrogens with one attached hydrogen (secondary N) is 1. The molecule has 5 heteroatoms. The van der Waals surface area contributed by atoms with Crippen molar-refractivity contribution >= 4 is 10.9 Å². The average Bonchev–Trinajstić information content (AvgIpc) is 2.50. The highest BCUT2D eigenvalue weighted by Gasteiger charge is 2.19. The molecule has 0 aliphatic heterocycles. The molecule has 0 amide bonds. The van der Waals surface area contributed by atoms with E-state index in [4.69, 9.17) is 5.84 Å². The molecular formula is C16H13F2N3. The molecule has 3 aromatic rings. The first-order valence-electron chi connectivity index (χ1n) is 6.45. The number of hydrazine groups is 1. The molecule has 1 aromatic heterocycles. The van der Waals surface area contributed by atoms with Crippen LogP contribution in [0.4, 0.5) is 8.78 Å². The van der Waals surface area contributed by atoms with E-state index in [0.717, 1.165) is 22.5 Å². The van der Waals surface area contributed by atoms with Gasteiger partial charge in [-0.2, -0.15) is 0 Å². The number of hydrogen-bond acceptors (Lipinski definition) is 3. The summed E-state index contributed by atoms with van der Waals surface area (Å²) in [5, 5.41) is 0.928. The van der Waals surface area contributed by atoms with Crippen molar-refractivity contribution in [2.75, 3.05) is 0 Å². The fourth-order valence-electron chi connectivity index (χ4n) is 2.44. The van der Waals surface area contributed by atoms with Crippen molar-refractivity contribution in [1.29, 1.82) is 0 Å². The van der Waals surface area contributed by atoms with Gasteiger partial charge < -0.3 is 0 Å². The lowest BCUT2D eigenvalue weighted by Crippen LogP contribution is -2.29. The zero-order valence-corrected chi connectivity index (χ0v) is 11.1. The minimum absolute atomic E-state index is 0.275. The van der Waals surface area contributed by atoms with E-state index >= 15 is 0 Å². The summed E-state index contributed by atoms with van der Waals surface area (Å²) in [5.74, 6) is 4.33. The smallest absolute Gasteiger partial charge is 0.131 e. The van der Waals surface area contributed by atoms with E-state index in [2.05, 4.69) is 10.4 Å². The second kappa shape index (κ2) is 5.55. The highest BCUT2D eigenvalue weighted by Crippen LogP contribution is 2.28. The topological polar surface area (TPSA) is 50.9 Å². The monoisotopic (exact) mass is 285 g/mol. The van der Waals surface area contributed by atoms with Crippen LogP contribution in [0.15, 0.2) is 54.7 Å².